The molecule has 2 aliphatic rings. The zero-order valence-electron chi connectivity index (χ0n) is 12.3. The van der Waals surface area contributed by atoms with Crippen LogP contribution in [0.4, 0.5) is 0 Å². The largest absolute Gasteiger partial charge is 0.334 e. The van der Waals surface area contributed by atoms with Crippen molar-refractivity contribution in [1.82, 2.24) is 10.0 Å². The van der Waals surface area contributed by atoms with Crippen LogP contribution >= 0.6 is 21.6 Å². The van der Waals surface area contributed by atoms with E-state index in [9.17, 15) is 14.4 Å². The summed E-state index contributed by atoms with van der Waals surface area (Å²) in [5, 5.41) is 1.60. The molecule has 0 bridgehead atoms. The van der Waals surface area contributed by atoms with Gasteiger partial charge in [-0.2, -0.15) is 0 Å². The molecule has 1 aliphatic carbocycles. The van der Waals surface area contributed by atoms with Crippen LogP contribution < -0.4 is 0 Å². The first-order valence-corrected chi connectivity index (χ1v) is 9.65. The van der Waals surface area contributed by atoms with Gasteiger partial charge in [-0.15, -0.1) is 5.06 Å². The minimum atomic E-state index is -0.528. The second kappa shape index (κ2) is 7.35. The van der Waals surface area contributed by atoms with Gasteiger partial charge in [-0.25, -0.2) is 9.78 Å². The van der Waals surface area contributed by atoms with Crippen molar-refractivity contribution in [2.24, 2.45) is 5.92 Å². The Morgan fingerprint density at radius 2 is 2.04 bits per heavy atom. The van der Waals surface area contributed by atoms with Crippen LogP contribution in [-0.4, -0.2) is 33.1 Å². The summed E-state index contributed by atoms with van der Waals surface area (Å²) in [6.07, 6.45) is 4.33. The Morgan fingerprint density at radius 3 is 2.65 bits per heavy atom. The van der Waals surface area contributed by atoms with Crippen LogP contribution in [0.3, 0.4) is 0 Å². The van der Waals surface area contributed by atoms with Crippen LogP contribution in [-0.2, 0) is 19.2 Å². The van der Waals surface area contributed by atoms with Gasteiger partial charge in [-0.3, -0.25) is 9.59 Å². The van der Waals surface area contributed by atoms with Crippen LogP contribution in [0.5, 0.6) is 0 Å². The number of hydroxylamine groups is 2. The highest BCUT2D eigenvalue weighted by molar-refractivity contribution is 8.76. The topological polar surface area (TPSA) is 76.6 Å². The van der Waals surface area contributed by atoms with Crippen molar-refractivity contribution in [3.8, 4) is 0 Å². The number of carbonyl (C=O) groups excluding carboxylic acids is 3. The van der Waals surface area contributed by atoms with Gasteiger partial charge in [-0.1, -0.05) is 16.9 Å². The van der Waals surface area contributed by atoms with E-state index in [2.05, 4.69) is 4.98 Å². The molecule has 1 unspecified atom stereocenters. The molecule has 2 heterocycles. The van der Waals surface area contributed by atoms with Gasteiger partial charge in [0.2, 0.25) is 0 Å². The third-order valence-corrected chi connectivity index (χ3v) is 6.46. The molecule has 1 atom stereocenters. The molecule has 0 radical (unpaired) electrons. The molecule has 1 aromatic rings. The van der Waals surface area contributed by atoms with E-state index in [1.54, 1.807) is 17.0 Å². The van der Waals surface area contributed by atoms with Gasteiger partial charge in [0.1, 0.15) is 5.03 Å². The van der Waals surface area contributed by atoms with E-state index in [0.717, 1.165) is 17.9 Å². The van der Waals surface area contributed by atoms with Crippen LogP contribution in [0, 0.1) is 5.92 Å². The number of pyridine rings is 1. The summed E-state index contributed by atoms with van der Waals surface area (Å²) in [6, 6.07) is 5.69. The summed E-state index contributed by atoms with van der Waals surface area (Å²) in [6.45, 7) is 0. The smallest absolute Gasteiger partial charge is 0.330 e. The molecule has 3 rings (SSSR count). The van der Waals surface area contributed by atoms with Crippen molar-refractivity contribution in [1.29, 1.82) is 0 Å². The highest BCUT2D eigenvalue weighted by Gasteiger charge is 2.37. The Hall–Kier alpha value is -1.54. The van der Waals surface area contributed by atoms with Gasteiger partial charge in [0.05, 0.1) is 6.42 Å². The van der Waals surface area contributed by atoms with Crippen molar-refractivity contribution >= 4 is 39.4 Å². The van der Waals surface area contributed by atoms with Gasteiger partial charge < -0.3 is 4.84 Å². The van der Waals surface area contributed by atoms with Gasteiger partial charge >= 0.3 is 5.97 Å². The standard InChI is InChI=1S/C15H16N2O4S2/c18-13-6-7-14(19)17(13)21-15(20)9-11(10-4-5-10)22-23-12-3-1-2-8-16-12/h1-3,8,10-11H,4-7,9H2. The van der Waals surface area contributed by atoms with Gasteiger partial charge in [0.15, 0.2) is 0 Å². The lowest BCUT2D eigenvalue weighted by Crippen LogP contribution is -2.33. The molecule has 2 fully saturated rings. The Morgan fingerprint density at radius 1 is 1.30 bits per heavy atom. The molecule has 0 aromatic carbocycles. The lowest BCUT2D eigenvalue weighted by Gasteiger charge is -2.16. The van der Waals surface area contributed by atoms with E-state index in [-0.39, 0.29) is 24.5 Å². The number of amides is 2. The van der Waals surface area contributed by atoms with E-state index in [0.29, 0.717) is 11.0 Å². The minimum Gasteiger partial charge on any atom is -0.330 e. The number of hydrogen-bond acceptors (Lipinski definition) is 7. The molecule has 1 saturated carbocycles. The Balaban J connectivity index is 1.52. The SMILES string of the molecule is O=C(CC(SSc1ccccn1)C1CC1)ON1C(=O)CCC1=O. The van der Waals surface area contributed by atoms with Crippen LogP contribution in [0.2, 0.25) is 0 Å². The van der Waals surface area contributed by atoms with Crippen molar-refractivity contribution in [3.63, 3.8) is 0 Å². The summed E-state index contributed by atoms with van der Waals surface area (Å²) in [4.78, 5) is 44.2. The van der Waals surface area contributed by atoms with Crippen LogP contribution in [0.25, 0.3) is 0 Å². The Bertz CT molecular complexity index is 591. The minimum absolute atomic E-state index is 0.0994. The van der Waals surface area contributed by atoms with E-state index in [4.69, 9.17) is 4.84 Å². The van der Waals surface area contributed by atoms with Crippen LogP contribution in [0.15, 0.2) is 29.4 Å². The number of aromatic nitrogens is 1. The quantitative estimate of drug-likeness (QED) is 0.551. The lowest BCUT2D eigenvalue weighted by molar-refractivity contribution is -0.197. The van der Waals surface area contributed by atoms with Crippen molar-refractivity contribution in [3.05, 3.63) is 24.4 Å². The van der Waals surface area contributed by atoms with Gasteiger partial charge in [0.25, 0.3) is 11.8 Å². The molecule has 1 aliphatic heterocycles. The molecule has 122 valence electrons. The van der Waals surface area contributed by atoms with Gasteiger partial charge in [-0.05, 0) is 41.7 Å². The monoisotopic (exact) mass is 352 g/mol. The van der Waals surface area contributed by atoms with Crippen LogP contribution in [0.1, 0.15) is 32.1 Å². The lowest BCUT2D eigenvalue weighted by atomic mass is 10.2. The molecular weight excluding hydrogens is 336 g/mol. The highest BCUT2D eigenvalue weighted by Crippen LogP contribution is 2.46. The third-order valence-electron chi connectivity index (χ3n) is 3.61. The zero-order valence-corrected chi connectivity index (χ0v) is 14.0. The van der Waals surface area contributed by atoms with Crippen molar-refractivity contribution in [2.75, 3.05) is 0 Å². The molecule has 1 aromatic heterocycles. The summed E-state index contributed by atoms with van der Waals surface area (Å²) >= 11 is 0. The fourth-order valence-corrected chi connectivity index (χ4v) is 4.95. The summed E-state index contributed by atoms with van der Waals surface area (Å²) in [5.74, 6) is -0.933. The average Bonchev–Trinajstić information content (AvgIpc) is 3.35. The Kier molecular flexibility index (Phi) is 5.22. The maximum atomic E-state index is 12.0. The predicted octanol–water partition coefficient (Wildman–Crippen LogP) is 2.60. The number of carbonyl (C=O) groups is 3. The summed E-state index contributed by atoms with van der Waals surface area (Å²) in [5.41, 5.74) is 0. The molecular formula is C15H16N2O4S2. The summed E-state index contributed by atoms with van der Waals surface area (Å²) in [7, 11) is 3.13. The molecule has 6 nitrogen and oxygen atoms in total. The number of rotatable bonds is 7. The van der Waals surface area contributed by atoms with Gasteiger partial charge in [0, 0.05) is 24.3 Å². The molecule has 2 amide bonds. The number of nitrogens with zero attached hydrogens (tertiary/aromatic N) is 2. The van der Waals surface area contributed by atoms with E-state index < -0.39 is 17.8 Å². The van der Waals surface area contributed by atoms with E-state index in [1.807, 2.05) is 18.2 Å². The fourth-order valence-electron chi connectivity index (χ4n) is 2.22. The predicted molar refractivity (Wildman–Crippen MR) is 86.0 cm³/mol. The maximum Gasteiger partial charge on any atom is 0.334 e. The second-order valence-corrected chi connectivity index (χ2v) is 7.93. The average molecular weight is 352 g/mol. The Labute approximate surface area is 141 Å². The molecule has 0 spiro atoms. The molecule has 1 saturated heterocycles. The zero-order chi connectivity index (χ0) is 16.2. The third kappa shape index (κ3) is 4.48. The molecule has 8 heteroatoms. The van der Waals surface area contributed by atoms with Crippen molar-refractivity contribution in [2.45, 2.75) is 42.4 Å². The van der Waals surface area contributed by atoms with Crippen molar-refractivity contribution < 1.29 is 19.2 Å². The number of hydrogen-bond donors (Lipinski definition) is 0. The summed E-state index contributed by atoms with van der Waals surface area (Å²) < 4.78 is 0. The first kappa shape index (κ1) is 16.3. The fraction of sp³-hybridized carbons (Fsp3) is 0.467. The number of imide groups is 1. The first-order chi connectivity index (χ1) is 11.1. The maximum absolute atomic E-state index is 12.0. The highest BCUT2D eigenvalue weighted by atomic mass is 33.1. The second-order valence-electron chi connectivity index (χ2n) is 5.47. The first-order valence-electron chi connectivity index (χ1n) is 7.44. The van der Waals surface area contributed by atoms with E-state index >= 15 is 0 Å². The normalized spacial score (nSPS) is 19.0. The molecule has 0 N–H and O–H groups in total. The molecule has 23 heavy (non-hydrogen) atoms. The van der Waals surface area contributed by atoms with E-state index in [1.165, 1.54) is 10.8 Å².